The van der Waals surface area contributed by atoms with Crippen molar-refractivity contribution in [3.8, 4) is 0 Å². The van der Waals surface area contributed by atoms with Crippen LogP contribution < -0.4 is 0 Å². The van der Waals surface area contributed by atoms with Gasteiger partial charge < -0.3 is 9.47 Å². The molecule has 0 saturated carbocycles. The molecule has 2 nitrogen and oxygen atoms in total. The monoisotopic (exact) mass is 170 g/mol. The van der Waals surface area contributed by atoms with Gasteiger partial charge in [0.1, 0.15) is 19.0 Å². The van der Waals surface area contributed by atoms with Gasteiger partial charge in [-0.25, -0.2) is 0 Å². The van der Waals surface area contributed by atoms with Crippen LogP contribution in [0.25, 0.3) is 0 Å². The predicted molar refractivity (Wildman–Crippen MR) is 36.1 cm³/mol. The van der Waals surface area contributed by atoms with E-state index >= 15 is 0 Å². The Balaban J connectivity index is 2.32. The van der Waals surface area contributed by atoms with Crippen molar-refractivity contribution < 1.29 is 9.47 Å². The smallest absolute Gasteiger partial charge is 0.147 e. The number of hydrogen-bond acceptors (Lipinski definition) is 2. The lowest BCUT2D eigenvalue weighted by molar-refractivity contribution is 0.0441. The molecule has 1 aliphatic rings. The van der Waals surface area contributed by atoms with Crippen LogP contribution in [0.4, 0.5) is 0 Å². The first-order valence-electron chi connectivity index (χ1n) is 2.73. The number of rotatable bonds is 2. The van der Waals surface area contributed by atoms with E-state index in [1.807, 2.05) is 0 Å². The molecule has 1 rings (SSSR count). The average Bonchev–Trinajstić information content (AvgIpc) is 2.33. The van der Waals surface area contributed by atoms with Gasteiger partial charge in [0.15, 0.2) is 0 Å². The molecule has 0 aromatic heterocycles. The summed E-state index contributed by atoms with van der Waals surface area (Å²) in [4.78, 5) is 0. The third-order valence-corrected chi connectivity index (χ3v) is 1.89. The van der Waals surface area contributed by atoms with Crippen LogP contribution in [0.2, 0.25) is 0 Å². The van der Waals surface area contributed by atoms with Gasteiger partial charge in [-0.05, 0) is 0 Å². The Morgan fingerprint density at radius 1 is 1.11 bits per heavy atom. The van der Waals surface area contributed by atoms with Gasteiger partial charge in [-0.3, -0.25) is 0 Å². The third kappa shape index (κ3) is 1.71. The number of ether oxygens (including phenoxy) is 2. The highest BCUT2D eigenvalue weighted by atomic mass is 35.5. The lowest BCUT2D eigenvalue weighted by Gasteiger charge is -2.09. The van der Waals surface area contributed by atoms with Crippen molar-refractivity contribution >= 4 is 23.2 Å². The van der Waals surface area contributed by atoms with Crippen LogP contribution in [0, 0.1) is 0 Å². The Kier molecular flexibility index (Phi) is 3.06. The Labute approximate surface area is 64.0 Å². The van der Waals surface area contributed by atoms with E-state index in [4.69, 9.17) is 32.7 Å². The molecule has 0 amide bonds. The van der Waals surface area contributed by atoms with Gasteiger partial charge in [0.2, 0.25) is 0 Å². The van der Waals surface area contributed by atoms with Gasteiger partial charge in [0.25, 0.3) is 0 Å². The van der Waals surface area contributed by atoms with Gasteiger partial charge in [-0.2, -0.15) is 0 Å². The summed E-state index contributed by atoms with van der Waals surface area (Å²) in [5.74, 6) is 0.911. The van der Waals surface area contributed by atoms with Crippen molar-refractivity contribution in [3.05, 3.63) is 0 Å². The topological polar surface area (TPSA) is 18.5 Å². The minimum absolute atomic E-state index is 0.0100. The first-order chi connectivity index (χ1) is 4.38. The average molecular weight is 171 g/mol. The van der Waals surface area contributed by atoms with Gasteiger partial charge >= 0.3 is 0 Å². The minimum atomic E-state index is -0.0100. The first-order valence-corrected chi connectivity index (χ1v) is 3.80. The molecule has 2 atom stereocenters. The van der Waals surface area contributed by atoms with Gasteiger partial charge in [0.05, 0.1) is 11.8 Å². The van der Waals surface area contributed by atoms with Crippen LogP contribution in [0.1, 0.15) is 0 Å². The van der Waals surface area contributed by atoms with Crippen molar-refractivity contribution in [1.29, 1.82) is 0 Å². The molecular weight excluding hydrogens is 163 g/mol. The molecule has 0 aromatic rings. The number of alkyl halides is 2. The van der Waals surface area contributed by atoms with Crippen LogP contribution in [0.15, 0.2) is 0 Å². The zero-order chi connectivity index (χ0) is 6.69. The fourth-order valence-corrected chi connectivity index (χ4v) is 1.29. The summed E-state index contributed by atoms with van der Waals surface area (Å²) >= 11 is 11.0. The summed E-state index contributed by atoms with van der Waals surface area (Å²) in [6, 6.07) is 0. The van der Waals surface area contributed by atoms with Crippen molar-refractivity contribution in [2.45, 2.75) is 12.2 Å². The molecule has 9 heavy (non-hydrogen) atoms. The Morgan fingerprint density at radius 3 is 1.89 bits per heavy atom. The maximum absolute atomic E-state index is 5.52. The largest absolute Gasteiger partial charge is 0.348 e. The first kappa shape index (κ1) is 7.61. The molecule has 0 spiro atoms. The van der Waals surface area contributed by atoms with E-state index in [2.05, 4.69) is 0 Å². The molecule has 1 aliphatic heterocycles. The molecule has 1 saturated heterocycles. The van der Waals surface area contributed by atoms with Crippen molar-refractivity contribution in [3.63, 3.8) is 0 Å². The van der Waals surface area contributed by atoms with Gasteiger partial charge in [0, 0.05) is 0 Å². The van der Waals surface area contributed by atoms with E-state index in [0.717, 1.165) is 0 Å². The lowest BCUT2D eigenvalue weighted by Crippen LogP contribution is -2.25. The fraction of sp³-hybridized carbons (Fsp3) is 1.00. The van der Waals surface area contributed by atoms with Crippen molar-refractivity contribution in [1.82, 2.24) is 0 Å². The summed E-state index contributed by atoms with van der Waals surface area (Å²) in [7, 11) is 0. The molecule has 54 valence electrons. The Morgan fingerprint density at radius 2 is 1.56 bits per heavy atom. The number of hydrogen-bond donors (Lipinski definition) is 0. The fourth-order valence-electron chi connectivity index (χ4n) is 0.717. The highest BCUT2D eigenvalue weighted by molar-refractivity contribution is 6.19. The molecule has 4 heteroatoms. The van der Waals surface area contributed by atoms with Crippen LogP contribution >= 0.6 is 23.2 Å². The summed E-state index contributed by atoms with van der Waals surface area (Å²) in [6.07, 6.45) is -0.0201. The van der Waals surface area contributed by atoms with Gasteiger partial charge in [-0.1, -0.05) is 0 Å². The molecule has 0 aliphatic carbocycles. The second-order valence-corrected chi connectivity index (χ2v) is 2.45. The molecule has 0 radical (unpaired) electrons. The second kappa shape index (κ2) is 3.62. The molecule has 1 heterocycles. The normalized spacial score (nSPS) is 35.3. The Bertz CT molecular complexity index is 79.0. The molecular formula is C5H8Cl2O2. The Hall–Kier alpha value is 0.500. The highest BCUT2D eigenvalue weighted by Crippen LogP contribution is 2.14. The van der Waals surface area contributed by atoms with Crippen molar-refractivity contribution in [2.75, 3.05) is 18.6 Å². The van der Waals surface area contributed by atoms with E-state index in [0.29, 0.717) is 18.6 Å². The standard InChI is InChI=1S/C5H8Cl2O2/c6-1-4-5(2-7)9-3-8-4/h4-5H,1-3H2. The van der Waals surface area contributed by atoms with E-state index in [-0.39, 0.29) is 12.2 Å². The van der Waals surface area contributed by atoms with Crippen LogP contribution in [0.5, 0.6) is 0 Å². The van der Waals surface area contributed by atoms with E-state index in [1.54, 1.807) is 0 Å². The maximum Gasteiger partial charge on any atom is 0.147 e. The minimum Gasteiger partial charge on any atom is -0.348 e. The lowest BCUT2D eigenvalue weighted by atomic mass is 10.3. The molecule has 0 aromatic carbocycles. The molecule has 0 bridgehead atoms. The third-order valence-electron chi connectivity index (χ3n) is 1.28. The summed E-state index contributed by atoms with van der Waals surface area (Å²) < 4.78 is 10.1. The zero-order valence-electron chi connectivity index (χ0n) is 4.85. The van der Waals surface area contributed by atoms with E-state index in [9.17, 15) is 0 Å². The van der Waals surface area contributed by atoms with E-state index in [1.165, 1.54) is 0 Å². The van der Waals surface area contributed by atoms with Crippen molar-refractivity contribution in [2.24, 2.45) is 0 Å². The van der Waals surface area contributed by atoms with Crippen LogP contribution in [-0.2, 0) is 9.47 Å². The maximum atomic E-state index is 5.52. The molecule has 2 unspecified atom stereocenters. The highest BCUT2D eigenvalue weighted by Gasteiger charge is 2.27. The second-order valence-electron chi connectivity index (χ2n) is 1.84. The summed E-state index contributed by atoms with van der Waals surface area (Å²) in [5, 5.41) is 0. The predicted octanol–water partition coefficient (Wildman–Crippen LogP) is 1.21. The van der Waals surface area contributed by atoms with E-state index < -0.39 is 0 Å². The summed E-state index contributed by atoms with van der Waals surface area (Å²) in [5.41, 5.74) is 0. The molecule has 0 N–H and O–H groups in total. The SMILES string of the molecule is ClCC1OCOC1CCl. The van der Waals surface area contributed by atoms with Crippen LogP contribution in [-0.4, -0.2) is 30.8 Å². The zero-order valence-corrected chi connectivity index (χ0v) is 6.36. The quantitative estimate of drug-likeness (QED) is 0.581. The molecule has 1 fully saturated rings. The number of halogens is 2. The van der Waals surface area contributed by atoms with Gasteiger partial charge in [-0.15, -0.1) is 23.2 Å². The van der Waals surface area contributed by atoms with Crippen LogP contribution in [0.3, 0.4) is 0 Å². The summed E-state index contributed by atoms with van der Waals surface area (Å²) in [6.45, 7) is 0.328.